The molecular weight excluding hydrogens is 246 g/mol. The van der Waals surface area contributed by atoms with E-state index in [0.717, 1.165) is 16.9 Å². The van der Waals surface area contributed by atoms with Crippen molar-refractivity contribution in [3.05, 3.63) is 29.3 Å². The Labute approximate surface area is 112 Å². The van der Waals surface area contributed by atoms with E-state index in [1.807, 2.05) is 32.0 Å². The Morgan fingerprint density at radius 2 is 1.89 bits per heavy atom. The zero-order valence-corrected chi connectivity index (χ0v) is 11.2. The highest BCUT2D eigenvalue weighted by Gasteiger charge is 2.07. The van der Waals surface area contributed by atoms with Gasteiger partial charge in [0.2, 0.25) is 0 Å². The maximum atomic E-state index is 11.5. The maximum Gasteiger partial charge on any atom is 0.303 e. The topological polar surface area (TPSA) is 75.6 Å². The minimum absolute atomic E-state index is 0.0536. The average molecular weight is 265 g/mol. The Bertz CT molecular complexity index is 437. The summed E-state index contributed by atoms with van der Waals surface area (Å²) in [5.41, 5.74) is 1.97. The normalized spacial score (nSPS) is 10.0. The zero-order chi connectivity index (χ0) is 14.3. The van der Waals surface area contributed by atoms with Crippen molar-refractivity contribution < 1.29 is 19.4 Å². The van der Waals surface area contributed by atoms with E-state index >= 15 is 0 Å². The molecule has 2 N–H and O–H groups in total. The Morgan fingerprint density at radius 3 is 2.47 bits per heavy atom. The third-order valence-electron chi connectivity index (χ3n) is 2.65. The van der Waals surface area contributed by atoms with Gasteiger partial charge in [-0.25, -0.2) is 0 Å². The molecule has 0 atom stereocenters. The molecule has 0 saturated heterocycles. The van der Waals surface area contributed by atoms with E-state index in [9.17, 15) is 9.59 Å². The molecule has 0 heterocycles. The van der Waals surface area contributed by atoms with Crippen LogP contribution >= 0.6 is 0 Å². The van der Waals surface area contributed by atoms with Crippen molar-refractivity contribution in [1.82, 2.24) is 5.32 Å². The first-order valence-electron chi connectivity index (χ1n) is 6.18. The number of ether oxygens (including phenoxy) is 1. The van der Waals surface area contributed by atoms with Crippen LogP contribution in [0.1, 0.15) is 24.0 Å². The van der Waals surface area contributed by atoms with Gasteiger partial charge in [0.05, 0.1) is 0 Å². The molecule has 0 unspecified atom stereocenters. The molecule has 1 amide bonds. The highest BCUT2D eigenvalue weighted by molar-refractivity contribution is 5.77. The second-order valence-electron chi connectivity index (χ2n) is 4.36. The molecule has 1 rings (SSSR count). The van der Waals surface area contributed by atoms with E-state index in [4.69, 9.17) is 9.84 Å². The van der Waals surface area contributed by atoms with Gasteiger partial charge in [-0.2, -0.15) is 0 Å². The monoisotopic (exact) mass is 265 g/mol. The lowest BCUT2D eigenvalue weighted by atomic mass is 10.1. The lowest BCUT2D eigenvalue weighted by Gasteiger charge is -2.11. The number of hydrogen-bond donors (Lipinski definition) is 2. The SMILES string of the molecule is Cc1cccc(C)c1OCC(=O)NCCCC(=O)O. The van der Waals surface area contributed by atoms with Crippen molar-refractivity contribution in [2.45, 2.75) is 26.7 Å². The summed E-state index contributed by atoms with van der Waals surface area (Å²) in [7, 11) is 0. The molecule has 5 nitrogen and oxygen atoms in total. The zero-order valence-electron chi connectivity index (χ0n) is 11.2. The van der Waals surface area contributed by atoms with E-state index < -0.39 is 5.97 Å². The molecule has 104 valence electrons. The Kier molecular flexibility index (Phi) is 5.85. The third kappa shape index (κ3) is 5.42. The summed E-state index contributed by atoms with van der Waals surface area (Å²) in [5, 5.41) is 11.1. The molecule has 0 aliphatic carbocycles. The molecule has 0 fully saturated rings. The predicted molar refractivity (Wildman–Crippen MR) is 71.3 cm³/mol. The first-order chi connectivity index (χ1) is 9.00. The van der Waals surface area contributed by atoms with Gasteiger partial charge in [0.1, 0.15) is 5.75 Å². The van der Waals surface area contributed by atoms with Crippen molar-refractivity contribution in [1.29, 1.82) is 0 Å². The summed E-state index contributed by atoms with van der Waals surface area (Å²) in [6.07, 6.45) is 0.475. The van der Waals surface area contributed by atoms with E-state index in [1.54, 1.807) is 0 Å². The van der Waals surface area contributed by atoms with Crippen LogP contribution in [0.3, 0.4) is 0 Å². The van der Waals surface area contributed by atoms with Crippen LogP contribution in [0, 0.1) is 13.8 Å². The van der Waals surface area contributed by atoms with Crippen LogP contribution in [-0.4, -0.2) is 30.1 Å². The number of carbonyl (C=O) groups is 2. The second kappa shape index (κ2) is 7.41. The quantitative estimate of drug-likeness (QED) is 0.735. The molecule has 0 bridgehead atoms. The van der Waals surface area contributed by atoms with Crippen molar-refractivity contribution in [2.75, 3.05) is 13.2 Å². The van der Waals surface area contributed by atoms with Gasteiger partial charge in [-0.15, -0.1) is 0 Å². The highest BCUT2D eigenvalue weighted by atomic mass is 16.5. The third-order valence-corrected chi connectivity index (χ3v) is 2.65. The number of hydrogen-bond acceptors (Lipinski definition) is 3. The molecule has 1 aromatic carbocycles. The van der Waals surface area contributed by atoms with Gasteiger partial charge in [0.15, 0.2) is 6.61 Å². The predicted octanol–water partition coefficient (Wildman–Crippen LogP) is 1.66. The van der Waals surface area contributed by atoms with Gasteiger partial charge in [-0.3, -0.25) is 9.59 Å². The fourth-order valence-electron chi connectivity index (χ4n) is 1.68. The molecule has 0 spiro atoms. The van der Waals surface area contributed by atoms with Crippen LogP contribution in [0.5, 0.6) is 5.75 Å². The molecule has 0 radical (unpaired) electrons. The number of carboxylic acids is 1. The number of nitrogens with one attached hydrogen (secondary N) is 1. The van der Waals surface area contributed by atoms with E-state index in [2.05, 4.69) is 5.32 Å². The van der Waals surface area contributed by atoms with E-state index in [0.29, 0.717) is 13.0 Å². The molecule has 0 aliphatic rings. The lowest BCUT2D eigenvalue weighted by Crippen LogP contribution is -2.30. The number of carbonyl (C=O) groups excluding carboxylic acids is 1. The van der Waals surface area contributed by atoms with Gasteiger partial charge in [0, 0.05) is 13.0 Å². The van der Waals surface area contributed by atoms with Crippen molar-refractivity contribution in [3.63, 3.8) is 0 Å². The summed E-state index contributed by atoms with van der Waals surface area (Å²) in [4.78, 5) is 21.8. The standard InChI is InChI=1S/C14H19NO4/c1-10-5-3-6-11(2)14(10)19-9-12(16)15-8-4-7-13(17)18/h3,5-6H,4,7-9H2,1-2H3,(H,15,16)(H,17,18). The summed E-state index contributed by atoms with van der Waals surface area (Å²) in [5.74, 6) is -0.378. The largest absolute Gasteiger partial charge is 0.483 e. The molecule has 19 heavy (non-hydrogen) atoms. The first kappa shape index (κ1) is 15.0. The summed E-state index contributed by atoms with van der Waals surface area (Å²) >= 11 is 0. The second-order valence-corrected chi connectivity index (χ2v) is 4.36. The molecular formula is C14H19NO4. The van der Waals surface area contributed by atoms with Gasteiger partial charge >= 0.3 is 5.97 Å². The lowest BCUT2D eigenvalue weighted by molar-refractivity contribution is -0.137. The van der Waals surface area contributed by atoms with E-state index in [1.165, 1.54) is 0 Å². The number of para-hydroxylation sites is 1. The molecule has 5 heteroatoms. The fourth-order valence-corrected chi connectivity index (χ4v) is 1.68. The molecule has 0 aliphatic heterocycles. The van der Waals surface area contributed by atoms with Crippen LogP contribution in [0.2, 0.25) is 0 Å². The number of amides is 1. The minimum atomic E-state index is -0.860. The van der Waals surface area contributed by atoms with Crippen LogP contribution in [0.25, 0.3) is 0 Å². The van der Waals surface area contributed by atoms with Crippen molar-refractivity contribution >= 4 is 11.9 Å². The fraction of sp³-hybridized carbons (Fsp3) is 0.429. The van der Waals surface area contributed by atoms with Gasteiger partial charge in [-0.05, 0) is 31.4 Å². The number of aliphatic carboxylic acids is 1. The van der Waals surface area contributed by atoms with Crippen LogP contribution < -0.4 is 10.1 Å². The molecule has 0 saturated carbocycles. The molecule has 0 aromatic heterocycles. The van der Waals surface area contributed by atoms with Gasteiger partial charge in [-0.1, -0.05) is 18.2 Å². The number of carboxylic acid groups (broad SMARTS) is 1. The maximum absolute atomic E-state index is 11.5. The summed E-state index contributed by atoms with van der Waals surface area (Å²) < 4.78 is 5.48. The highest BCUT2D eigenvalue weighted by Crippen LogP contribution is 2.21. The van der Waals surface area contributed by atoms with Crippen LogP contribution in [0.15, 0.2) is 18.2 Å². The van der Waals surface area contributed by atoms with Gasteiger partial charge in [0.25, 0.3) is 5.91 Å². The Morgan fingerprint density at radius 1 is 1.26 bits per heavy atom. The number of aryl methyl sites for hydroxylation is 2. The van der Waals surface area contributed by atoms with Gasteiger partial charge < -0.3 is 15.2 Å². The molecule has 1 aromatic rings. The van der Waals surface area contributed by atoms with Crippen LogP contribution in [-0.2, 0) is 9.59 Å². The summed E-state index contributed by atoms with van der Waals surface area (Å²) in [6.45, 7) is 4.14. The van der Waals surface area contributed by atoms with Crippen molar-refractivity contribution in [2.24, 2.45) is 0 Å². The average Bonchev–Trinajstić information content (AvgIpc) is 2.34. The smallest absolute Gasteiger partial charge is 0.303 e. The van der Waals surface area contributed by atoms with Crippen molar-refractivity contribution in [3.8, 4) is 5.75 Å². The Balaban J connectivity index is 2.32. The summed E-state index contributed by atoms with van der Waals surface area (Å²) in [6, 6.07) is 5.78. The minimum Gasteiger partial charge on any atom is -0.483 e. The number of rotatable bonds is 7. The van der Waals surface area contributed by atoms with E-state index in [-0.39, 0.29) is 18.9 Å². The first-order valence-corrected chi connectivity index (χ1v) is 6.18. The number of benzene rings is 1. The Hall–Kier alpha value is -2.04. The van der Waals surface area contributed by atoms with Crippen LogP contribution in [0.4, 0.5) is 0 Å².